The number of nitrogens with zero attached hydrogens (tertiary/aromatic N) is 1. The first-order valence-corrected chi connectivity index (χ1v) is 12.0. The summed E-state index contributed by atoms with van der Waals surface area (Å²) in [4.78, 5) is 26.1. The summed E-state index contributed by atoms with van der Waals surface area (Å²) in [6, 6.07) is 10.8. The van der Waals surface area contributed by atoms with Crippen LogP contribution in [0.5, 0.6) is 11.5 Å². The molecule has 0 aliphatic carbocycles. The van der Waals surface area contributed by atoms with Crippen molar-refractivity contribution in [2.45, 2.75) is 42.3 Å². The normalized spacial score (nSPS) is 23.0. The zero-order valence-electron chi connectivity index (χ0n) is 18.4. The number of carbonyl (C=O) groups excluding carboxylic acids is 1. The van der Waals surface area contributed by atoms with Crippen molar-refractivity contribution >= 4 is 21.8 Å². The third-order valence-electron chi connectivity index (χ3n) is 6.43. The molecule has 0 unspecified atom stereocenters. The highest BCUT2D eigenvalue weighted by Gasteiger charge is 2.60. The van der Waals surface area contributed by atoms with Crippen molar-refractivity contribution in [3.63, 3.8) is 0 Å². The van der Waals surface area contributed by atoms with Crippen molar-refractivity contribution in [3.05, 3.63) is 53.6 Å². The highest BCUT2D eigenvalue weighted by molar-refractivity contribution is 7.89. The van der Waals surface area contributed by atoms with E-state index in [1.165, 1.54) is 32.4 Å². The Morgan fingerprint density at radius 2 is 1.79 bits per heavy atom. The van der Waals surface area contributed by atoms with Crippen LogP contribution in [0.4, 0.5) is 0 Å². The monoisotopic (exact) mass is 474 g/mol. The molecule has 2 heterocycles. The van der Waals surface area contributed by atoms with Crippen molar-refractivity contribution in [1.29, 1.82) is 0 Å². The first-order chi connectivity index (χ1) is 15.8. The van der Waals surface area contributed by atoms with Crippen LogP contribution in [0.1, 0.15) is 24.0 Å². The molecule has 2 aromatic rings. The van der Waals surface area contributed by atoms with Gasteiger partial charge in [-0.15, -0.1) is 0 Å². The number of Topliss-reactive ketones (excluding diaryl/α,β-unsaturated/α-hetero) is 1. The molecule has 0 radical (unpaired) electrons. The van der Waals surface area contributed by atoms with Gasteiger partial charge in [0.25, 0.3) is 0 Å². The van der Waals surface area contributed by atoms with Gasteiger partial charge in [-0.1, -0.05) is 24.3 Å². The second-order valence-corrected chi connectivity index (χ2v) is 10.00. The molecule has 2 N–H and O–H groups in total. The molecule has 0 bridgehead atoms. The lowest BCUT2D eigenvalue weighted by molar-refractivity contribution is -0.153. The predicted molar refractivity (Wildman–Crippen MR) is 119 cm³/mol. The molecule has 1 saturated heterocycles. The average Bonchev–Trinajstić information content (AvgIpc) is 3.30. The number of rotatable bonds is 7. The van der Waals surface area contributed by atoms with Crippen molar-refractivity contribution in [3.8, 4) is 11.5 Å². The highest BCUT2D eigenvalue weighted by atomic mass is 32.2. The standard InChI is InChI=1S/C23H26N2O7S/c1-31-19-9-8-17(13-20(19)32-2)33(29,30)25-11-5-10-23(25,22(27)28)21(26)18-12-15-6-3-4-7-16(15)14-24-18/h3-4,6-9,13,18,24H,5,10-12,14H2,1-2H3,(H,27,28)/t18-,23+/m0/s1. The Morgan fingerprint density at radius 1 is 1.09 bits per heavy atom. The maximum absolute atomic E-state index is 13.7. The van der Waals surface area contributed by atoms with Crippen LogP contribution in [-0.4, -0.2) is 61.9 Å². The van der Waals surface area contributed by atoms with E-state index < -0.39 is 33.4 Å². The van der Waals surface area contributed by atoms with Crippen molar-refractivity contribution < 1.29 is 32.6 Å². The van der Waals surface area contributed by atoms with Crippen LogP contribution in [0.3, 0.4) is 0 Å². The van der Waals surface area contributed by atoms with Crippen LogP contribution in [0, 0.1) is 0 Å². The maximum Gasteiger partial charge on any atom is 0.332 e. The summed E-state index contributed by atoms with van der Waals surface area (Å²) in [5.41, 5.74) is -0.203. The first-order valence-electron chi connectivity index (χ1n) is 10.6. The quantitative estimate of drug-likeness (QED) is 0.580. The summed E-state index contributed by atoms with van der Waals surface area (Å²) in [5, 5.41) is 13.3. The van der Waals surface area contributed by atoms with Gasteiger partial charge < -0.3 is 19.9 Å². The number of carboxylic acid groups (broad SMARTS) is 1. The first kappa shape index (κ1) is 23.2. The van der Waals surface area contributed by atoms with E-state index in [4.69, 9.17) is 9.47 Å². The van der Waals surface area contributed by atoms with Gasteiger partial charge in [0.1, 0.15) is 0 Å². The third-order valence-corrected chi connectivity index (χ3v) is 8.35. The molecule has 10 heteroatoms. The number of ether oxygens (including phenoxy) is 2. The smallest absolute Gasteiger partial charge is 0.332 e. The Kier molecular flexibility index (Phi) is 6.17. The van der Waals surface area contributed by atoms with E-state index in [-0.39, 0.29) is 30.0 Å². The van der Waals surface area contributed by atoms with E-state index in [9.17, 15) is 23.1 Å². The fourth-order valence-electron chi connectivity index (χ4n) is 4.72. The van der Waals surface area contributed by atoms with Gasteiger partial charge in [-0.25, -0.2) is 13.2 Å². The van der Waals surface area contributed by atoms with E-state index in [2.05, 4.69) is 5.32 Å². The Hall–Kier alpha value is -2.95. The van der Waals surface area contributed by atoms with Crippen LogP contribution in [0.15, 0.2) is 47.4 Å². The molecule has 1 fully saturated rings. The van der Waals surface area contributed by atoms with Crippen molar-refractivity contribution in [2.75, 3.05) is 20.8 Å². The number of methoxy groups -OCH3 is 2. The molecule has 0 saturated carbocycles. The molecule has 33 heavy (non-hydrogen) atoms. The molecular weight excluding hydrogens is 448 g/mol. The number of hydrogen-bond donors (Lipinski definition) is 2. The van der Waals surface area contributed by atoms with E-state index in [0.29, 0.717) is 18.7 Å². The number of hydrogen-bond acceptors (Lipinski definition) is 7. The van der Waals surface area contributed by atoms with Crippen LogP contribution >= 0.6 is 0 Å². The van der Waals surface area contributed by atoms with Crippen LogP contribution in [-0.2, 0) is 32.6 Å². The molecule has 0 amide bonds. The van der Waals surface area contributed by atoms with Crippen LogP contribution in [0.2, 0.25) is 0 Å². The lowest BCUT2D eigenvalue weighted by Gasteiger charge is -2.36. The van der Waals surface area contributed by atoms with E-state index >= 15 is 0 Å². The van der Waals surface area contributed by atoms with Gasteiger partial charge in [-0.3, -0.25) is 4.79 Å². The molecule has 2 aliphatic heterocycles. The Bertz CT molecular complexity index is 1200. The van der Waals surface area contributed by atoms with Crippen LogP contribution < -0.4 is 14.8 Å². The lowest BCUT2D eigenvalue weighted by atomic mass is 9.83. The van der Waals surface area contributed by atoms with E-state index in [0.717, 1.165) is 15.4 Å². The molecule has 2 atom stereocenters. The SMILES string of the molecule is COc1ccc(S(=O)(=O)N2CCC[C@]2(C(=O)O)C(=O)[C@@H]2Cc3ccccc3CN2)cc1OC. The summed E-state index contributed by atoms with van der Waals surface area (Å²) < 4.78 is 38.4. The fraction of sp³-hybridized carbons (Fsp3) is 0.391. The number of aliphatic carboxylic acids is 1. The second kappa shape index (κ2) is 8.77. The summed E-state index contributed by atoms with van der Waals surface area (Å²) in [5.74, 6) is -1.58. The number of nitrogens with one attached hydrogen (secondary N) is 1. The Morgan fingerprint density at radius 3 is 2.45 bits per heavy atom. The molecule has 9 nitrogen and oxygen atoms in total. The van der Waals surface area contributed by atoms with Crippen molar-refractivity contribution in [1.82, 2.24) is 9.62 Å². The minimum absolute atomic E-state index is 0.0714. The van der Waals surface area contributed by atoms with E-state index in [1.807, 2.05) is 24.3 Å². The van der Waals surface area contributed by atoms with Gasteiger partial charge in [0.2, 0.25) is 10.0 Å². The molecule has 0 spiro atoms. The van der Waals surface area contributed by atoms with Gasteiger partial charge in [0, 0.05) is 19.2 Å². The van der Waals surface area contributed by atoms with Gasteiger partial charge in [0.15, 0.2) is 22.8 Å². The zero-order valence-corrected chi connectivity index (χ0v) is 19.2. The van der Waals surface area contributed by atoms with Gasteiger partial charge >= 0.3 is 5.97 Å². The summed E-state index contributed by atoms with van der Waals surface area (Å²) >= 11 is 0. The summed E-state index contributed by atoms with van der Waals surface area (Å²) in [6.45, 7) is 0.336. The predicted octanol–water partition coefficient (Wildman–Crippen LogP) is 1.60. The molecular formula is C23H26N2O7S. The molecule has 4 rings (SSSR count). The van der Waals surface area contributed by atoms with E-state index in [1.54, 1.807) is 0 Å². The largest absolute Gasteiger partial charge is 0.493 e. The highest BCUT2D eigenvalue weighted by Crippen LogP contribution is 2.39. The number of carboxylic acids is 1. The zero-order chi connectivity index (χ0) is 23.8. The average molecular weight is 475 g/mol. The van der Waals surface area contributed by atoms with Crippen molar-refractivity contribution in [2.24, 2.45) is 0 Å². The number of benzene rings is 2. The van der Waals surface area contributed by atoms with Gasteiger partial charge in [-0.2, -0.15) is 4.31 Å². The van der Waals surface area contributed by atoms with Crippen LogP contribution in [0.25, 0.3) is 0 Å². The molecule has 176 valence electrons. The minimum atomic E-state index is -4.32. The Balaban J connectivity index is 1.73. The molecule has 2 aromatic carbocycles. The van der Waals surface area contributed by atoms with Gasteiger partial charge in [-0.05, 0) is 42.5 Å². The number of fused-ring (bicyclic) bond motifs is 1. The number of ketones is 1. The molecule has 2 aliphatic rings. The summed E-state index contributed by atoms with van der Waals surface area (Å²) in [7, 11) is -1.52. The second-order valence-electron chi connectivity index (χ2n) is 8.13. The molecule has 0 aromatic heterocycles. The lowest BCUT2D eigenvalue weighted by Crippen LogP contribution is -2.63. The minimum Gasteiger partial charge on any atom is -0.493 e. The Labute approximate surface area is 192 Å². The fourth-order valence-corrected chi connectivity index (χ4v) is 6.51. The topological polar surface area (TPSA) is 122 Å². The number of carbonyl (C=O) groups is 2. The summed E-state index contributed by atoms with van der Waals surface area (Å²) in [6.07, 6.45) is 0.468. The maximum atomic E-state index is 13.7. The van der Waals surface area contributed by atoms with Gasteiger partial charge in [0.05, 0.1) is 25.2 Å². The third kappa shape index (κ3) is 3.77. The number of sulfonamides is 1.